The fourth-order valence-electron chi connectivity index (χ4n) is 5.59. The fourth-order valence-corrected chi connectivity index (χ4v) is 6.38. The van der Waals surface area contributed by atoms with Gasteiger partial charge < -0.3 is 20.1 Å². The van der Waals surface area contributed by atoms with Crippen LogP contribution >= 0.6 is 7.82 Å². The summed E-state index contributed by atoms with van der Waals surface area (Å²) in [5, 5.41) is 0. The zero-order chi connectivity index (χ0) is 34.7. The molecule has 0 aromatic carbocycles. The Morgan fingerprint density at radius 1 is 0.553 bits per heavy atom. The summed E-state index contributed by atoms with van der Waals surface area (Å²) in [6, 6.07) is 0. The Kier molecular flexibility index (Phi) is 34.1. The van der Waals surface area contributed by atoms with Crippen LogP contribution in [0.25, 0.3) is 0 Å². The Morgan fingerprint density at radius 2 is 0.915 bits per heavy atom. The van der Waals surface area contributed by atoms with Crippen molar-refractivity contribution >= 4 is 19.8 Å². The molecular formula is C37H75NO8P+. The van der Waals surface area contributed by atoms with Crippen molar-refractivity contribution in [3.05, 3.63) is 0 Å². The van der Waals surface area contributed by atoms with Gasteiger partial charge in [-0.15, -0.1) is 0 Å². The average Bonchev–Trinajstić information content (AvgIpc) is 3.05. The minimum Gasteiger partial charge on any atom is -0.462 e. The molecule has 0 rings (SSSR count). The second kappa shape index (κ2) is 34.9. The second-order valence-electron chi connectivity index (χ2n) is 13.2. The first-order valence-electron chi connectivity index (χ1n) is 19.6. The topological polar surface area (TPSA) is 136 Å². The highest BCUT2D eigenvalue weighted by atomic mass is 31.2. The van der Waals surface area contributed by atoms with E-state index in [-0.39, 0.29) is 25.6 Å². The van der Waals surface area contributed by atoms with Gasteiger partial charge in [-0.05, 0) is 12.8 Å². The largest absolute Gasteiger partial charge is 0.472 e. The van der Waals surface area contributed by atoms with Crippen LogP contribution in [0.15, 0.2) is 0 Å². The van der Waals surface area contributed by atoms with Crippen LogP contribution in [0.5, 0.6) is 0 Å². The number of phosphoric ester groups is 1. The Morgan fingerprint density at radius 3 is 1.30 bits per heavy atom. The summed E-state index contributed by atoms with van der Waals surface area (Å²) in [5.41, 5.74) is 3.57. The summed E-state index contributed by atoms with van der Waals surface area (Å²) in [5.74, 6) is -0.800. The van der Waals surface area contributed by atoms with Crippen molar-refractivity contribution in [2.75, 3.05) is 26.4 Å². The number of rotatable bonds is 37. The molecule has 0 fully saturated rings. The van der Waals surface area contributed by atoms with Crippen molar-refractivity contribution in [2.24, 2.45) is 0 Å². The lowest BCUT2D eigenvalue weighted by atomic mass is 10.0. The number of phosphoric acid groups is 1. The van der Waals surface area contributed by atoms with Crippen molar-refractivity contribution in [3.8, 4) is 0 Å². The molecule has 0 amide bonds. The maximum Gasteiger partial charge on any atom is 0.472 e. The summed E-state index contributed by atoms with van der Waals surface area (Å²) in [6.07, 6.45) is 31.4. The Hall–Kier alpha value is -0.990. The maximum atomic E-state index is 12.5. The van der Waals surface area contributed by atoms with E-state index in [1.54, 1.807) is 0 Å². The van der Waals surface area contributed by atoms with Crippen molar-refractivity contribution in [2.45, 2.75) is 200 Å². The van der Waals surface area contributed by atoms with Gasteiger partial charge in [-0.2, -0.15) is 0 Å². The van der Waals surface area contributed by atoms with Crippen LogP contribution in [-0.2, 0) is 32.7 Å². The molecule has 0 aliphatic rings. The van der Waals surface area contributed by atoms with Crippen LogP contribution in [-0.4, -0.2) is 49.3 Å². The maximum absolute atomic E-state index is 12.5. The van der Waals surface area contributed by atoms with Crippen molar-refractivity contribution < 1.29 is 43.3 Å². The lowest BCUT2D eigenvalue weighted by Crippen LogP contribution is -2.52. The molecule has 47 heavy (non-hydrogen) atoms. The van der Waals surface area contributed by atoms with Gasteiger partial charge >= 0.3 is 19.8 Å². The predicted octanol–water partition coefficient (Wildman–Crippen LogP) is 9.78. The van der Waals surface area contributed by atoms with Gasteiger partial charge in [-0.3, -0.25) is 18.6 Å². The molecule has 0 aliphatic heterocycles. The minimum absolute atomic E-state index is 0.0363. The monoisotopic (exact) mass is 693 g/mol. The molecule has 0 spiro atoms. The Bertz CT molecular complexity index is 754. The first-order chi connectivity index (χ1) is 22.8. The highest BCUT2D eigenvalue weighted by molar-refractivity contribution is 7.47. The lowest BCUT2D eigenvalue weighted by molar-refractivity contribution is -0.371. The van der Waals surface area contributed by atoms with Gasteiger partial charge in [-0.1, -0.05) is 168 Å². The third kappa shape index (κ3) is 34.7. The molecular weight excluding hydrogens is 617 g/mol. The highest BCUT2D eigenvalue weighted by Crippen LogP contribution is 2.43. The minimum atomic E-state index is -4.32. The third-order valence-electron chi connectivity index (χ3n) is 8.52. The van der Waals surface area contributed by atoms with Gasteiger partial charge in [0.1, 0.15) is 13.2 Å². The Balaban J connectivity index is 4.17. The molecule has 0 aromatic rings. The number of carbonyl (C=O) groups excluding carboxylic acids is 2. The summed E-state index contributed by atoms with van der Waals surface area (Å²) < 4.78 is 32.8. The predicted molar refractivity (Wildman–Crippen MR) is 191 cm³/mol. The molecule has 0 radical (unpaired) electrons. The smallest absolute Gasteiger partial charge is 0.462 e. The molecule has 280 valence electrons. The molecule has 0 aliphatic carbocycles. The molecule has 9 nitrogen and oxygen atoms in total. The zero-order valence-electron chi connectivity index (χ0n) is 30.7. The van der Waals surface area contributed by atoms with E-state index >= 15 is 0 Å². The number of hydrogen-bond donors (Lipinski definition) is 2. The number of unbranched alkanes of at least 4 members (excludes halogenated alkanes) is 24. The molecule has 0 bridgehead atoms. The highest BCUT2D eigenvalue weighted by Gasteiger charge is 2.26. The molecule has 0 saturated heterocycles. The number of ether oxygens (including phenoxy) is 2. The first-order valence-corrected chi connectivity index (χ1v) is 21.1. The van der Waals surface area contributed by atoms with E-state index in [9.17, 15) is 19.0 Å². The van der Waals surface area contributed by atoms with Crippen LogP contribution in [0.3, 0.4) is 0 Å². The molecule has 1 unspecified atom stereocenters. The van der Waals surface area contributed by atoms with Gasteiger partial charge in [0.2, 0.25) is 0 Å². The van der Waals surface area contributed by atoms with Gasteiger partial charge in [0.15, 0.2) is 6.10 Å². The van der Waals surface area contributed by atoms with E-state index in [4.69, 9.17) is 18.5 Å². The van der Waals surface area contributed by atoms with Crippen LogP contribution in [0.2, 0.25) is 0 Å². The van der Waals surface area contributed by atoms with Gasteiger partial charge in [0.05, 0.1) is 13.2 Å². The van der Waals surface area contributed by atoms with Crippen LogP contribution < -0.4 is 5.73 Å². The van der Waals surface area contributed by atoms with Crippen molar-refractivity contribution in [1.29, 1.82) is 0 Å². The van der Waals surface area contributed by atoms with E-state index in [1.165, 1.54) is 128 Å². The summed E-state index contributed by atoms with van der Waals surface area (Å²) in [7, 11) is -4.32. The zero-order valence-corrected chi connectivity index (χ0v) is 31.6. The van der Waals surface area contributed by atoms with Gasteiger partial charge in [-0.25, -0.2) is 4.57 Å². The molecule has 4 N–H and O–H groups in total. The van der Waals surface area contributed by atoms with Crippen molar-refractivity contribution in [3.63, 3.8) is 0 Å². The Labute approximate surface area is 288 Å². The third-order valence-corrected chi connectivity index (χ3v) is 9.50. The standard InChI is InChI=1S/C37H74NO8P/c1-3-5-7-9-11-13-15-16-17-18-20-22-24-26-28-30-37(40)46-35(34-45-47(41,42)44-32-31-38)33-43-36(39)29-27-25-23-21-19-14-12-10-8-6-4-2/h35H,3-34,38H2,1-2H3,(H,41,42)/p+1/t35-/m1/s1. The molecule has 0 saturated carbocycles. The lowest BCUT2D eigenvalue weighted by Gasteiger charge is -2.19. The number of hydrogen-bond acceptors (Lipinski definition) is 7. The molecule has 0 heterocycles. The van der Waals surface area contributed by atoms with Gasteiger partial charge in [0, 0.05) is 12.8 Å². The van der Waals surface area contributed by atoms with Crippen LogP contribution in [0.4, 0.5) is 0 Å². The summed E-state index contributed by atoms with van der Waals surface area (Å²) in [4.78, 5) is 34.7. The van der Waals surface area contributed by atoms with E-state index in [0.717, 1.165) is 32.1 Å². The van der Waals surface area contributed by atoms with Gasteiger partial charge in [0.25, 0.3) is 0 Å². The number of esters is 2. The van der Waals surface area contributed by atoms with Crippen LogP contribution in [0, 0.1) is 0 Å². The summed E-state index contributed by atoms with van der Waals surface area (Å²) >= 11 is 0. The molecule has 0 aromatic heterocycles. The quantitative estimate of drug-likeness (QED) is 0.0373. The number of carbonyl (C=O) groups is 2. The second-order valence-corrected chi connectivity index (χ2v) is 14.7. The van der Waals surface area contributed by atoms with E-state index in [1.807, 2.05) is 0 Å². The SMILES string of the molecule is CCCCCCCCCCCCCCCCCC(=O)O[C@H](COC(=O)CCCCCCCCCCCCC)COP(=O)(O)OCC[NH3+]. The van der Waals surface area contributed by atoms with E-state index < -0.39 is 26.5 Å². The molecule has 10 heteroatoms. The normalized spacial score (nSPS) is 13.4. The summed E-state index contributed by atoms with van der Waals surface area (Å²) in [6.45, 7) is 4.14. The first kappa shape index (κ1) is 46.0. The fraction of sp³-hybridized carbons (Fsp3) is 0.946. The number of quaternary nitrogens is 1. The van der Waals surface area contributed by atoms with Crippen molar-refractivity contribution in [1.82, 2.24) is 0 Å². The van der Waals surface area contributed by atoms with Crippen LogP contribution in [0.1, 0.15) is 194 Å². The van der Waals surface area contributed by atoms with E-state index in [2.05, 4.69) is 19.6 Å². The molecule has 2 atom stereocenters. The average molecular weight is 693 g/mol. The van der Waals surface area contributed by atoms with E-state index in [0.29, 0.717) is 19.4 Å².